The van der Waals surface area contributed by atoms with E-state index in [4.69, 9.17) is 10.5 Å². The third-order valence-electron chi connectivity index (χ3n) is 2.87. The molecule has 0 saturated carbocycles. The van der Waals surface area contributed by atoms with Crippen molar-refractivity contribution in [3.8, 4) is 5.75 Å². The SMILES string of the molecule is CCOc1ccccc1C(N)c1nc(C)c(C)s1. The lowest BCUT2D eigenvalue weighted by Crippen LogP contribution is -2.13. The van der Waals surface area contributed by atoms with Crippen LogP contribution in [0.5, 0.6) is 5.75 Å². The van der Waals surface area contributed by atoms with Crippen molar-refractivity contribution in [3.05, 3.63) is 45.4 Å². The Bertz CT molecular complexity index is 517. The molecule has 0 aliphatic rings. The van der Waals surface area contributed by atoms with Crippen molar-refractivity contribution in [2.24, 2.45) is 5.73 Å². The molecule has 2 rings (SSSR count). The molecule has 1 atom stereocenters. The summed E-state index contributed by atoms with van der Waals surface area (Å²) in [6, 6.07) is 7.67. The molecule has 0 fully saturated rings. The fraction of sp³-hybridized carbons (Fsp3) is 0.357. The van der Waals surface area contributed by atoms with Crippen LogP contribution >= 0.6 is 11.3 Å². The molecular formula is C14H18N2OS. The number of benzene rings is 1. The summed E-state index contributed by atoms with van der Waals surface area (Å²) >= 11 is 1.65. The second-order valence-electron chi connectivity index (χ2n) is 4.14. The maximum absolute atomic E-state index is 6.30. The first kappa shape index (κ1) is 13.1. The molecule has 0 radical (unpaired) electrons. The van der Waals surface area contributed by atoms with E-state index >= 15 is 0 Å². The van der Waals surface area contributed by atoms with Gasteiger partial charge >= 0.3 is 0 Å². The van der Waals surface area contributed by atoms with Crippen LogP contribution in [-0.2, 0) is 0 Å². The molecule has 1 unspecified atom stereocenters. The Morgan fingerprint density at radius 3 is 2.67 bits per heavy atom. The van der Waals surface area contributed by atoms with Crippen LogP contribution in [0.3, 0.4) is 0 Å². The summed E-state index contributed by atoms with van der Waals surface area (Å²) in [5.74, 6) is 0.845. The second-order valence-corrected chi connectivity index (χ2v) is 5.38. The number of hydrogen-bond donors (Lipinski definition) is 1. The minimum Gasteiger partial charge on any atom is -0.494 e. The molecule has 4 heteroatoms. The molecule has 3 nitrogen and oxygen atoms in total. The number of nitrogens with two attached hydrogens (primary N) is 1. The van der Waals surface area contributed by atoms with Crippen molar-refractivity contribution >= 4 is 11.3 Å². The molecule has 2 N–H and O–H groups in total. The number of hydrogen-bond acceptors (Lipinski definition) is 4. The highest BCUT2D eigenvalue weighted by Crippen LogP contribution is 2.31. The van der Waals surface area contributed by atoms with Gasteiger partial charge in [0.25, 0.3) is 0 Å². The van der Waals surface area contributed by atoms with Crippen LogP contribution in [0.1, 0.15) is 34.1 Å². The first-order valence-corrected chi connectivity index (χ1v) is 6.86. The quantitative estimate of drug-likeness (QED) is 0.920. The predicted molar refractivity (Wildman–Crippen MR) is 75.2 cm³/mol. The lowest BCUT2D eigenvalue weighted by molar-refractivity contribution is 0.335. The lowest BCUT2D eigenvalue weighted by atomic mass is 10.1. The molecule has 0 amide bonds. The second kappa shape index (κ2) is 5.50. The van der Waals surface area contributed by atoms with Crippen LogP contribution in [0.2, 0.25) is 0 Å². The molecule has 0 bridgehead atoms. The van der Waals surface area contributed by atoms with Crippen molar-refractivity contribution in [1.82, 2.24) is 4.98 Å². The maximum Gasteiger partial charge on any atom is 0.124 e. The van der Waals surface area contributed by atoms with Gasteiger partial charge in [-0.1, -0.05) is 18.2 Å². The number of aromatic nitrogens is 1. The highest BCUT2D eigenvalue weighted by molar-refractivity contribution is 7.11. The highest BCUT2D eigenvalue weighted by Gasteiger charge is 2.17. The summed E-state index contributed by atoms with van der Waals surface area (Å²) in [6.07, 6.45) is 0. The van der Waals surface area contributed by atoms with Gasteiger partial charge in [0.1, 0.15) is 10.8 Å². The van der Waals surface area contributed by atoms with Crippen LogP contribution in [0.25, 0.3) is 0 Å². The summed E-state index contributed by atoms with van der Waals surface area (Å²) in [5.41, 5.74) is 8.35. The molecule has 1 aromatic heterocycles. The van der Waals surface area contributed by atoms with Gasteiger partial charge in [0.05, 0.1) is 18.3 Å². The van der Waals surface area contributed by atoms with Crippen molar-refractivity contribution in [2.75, 3.05) is 6.61 Å². The molecule has 0 aliphatic heterocycles. The van der Waals surface area contributed by atoms with Crippen molar-refractivity contribution in [1.29, 1.82) is 0 Å². The Balaban J connectivity index is 2.36. The van der Waals surface area contributed by atoms with Crippen LogP contribution in [-0.4, -0.2) is 11.6 Å². The first-order chi connectivity index (χ1) is 8.63. The Morgan fingerprint density at radius 2 is 2.06 bits per heavy atom. The Hall–Kier alpha value is -1.39. The largest absolute Gasteiger partial charge is 0.494 e. The summed E-state index contributed by atoms with van der Waals surface area (Å²) < 4.78 is 5.61. The van der Waals surface area contributed by atoms with E-state index in [-0.39, 0.29) is 6.04 Å². The summed E-state index contributed by atoms with van der Waals surface area (Å²) in [4.78, 5) is 5.74. The van der Waals surface area contributed by atoms with E-state index in [0.29, 0.717) is 6.61 Å². The van der Waals surface area contributed by atoms with Crippen molar-refractivity contribution < 1.29 is 4.74 Å². The number of para-hydroxylation sites is 1. The number of nitrogens with zero attached hydrogens (tertiary/aromatic N) is 1. The smallest absolute Gasteiger partial charge is 0.124 e. The number of ether oxygens (including phenoxy) is 1. The zero-order valence-corrected chi connectivity index (χ0v) is 11.8. The fourth-order valence-corrected chi connectivity index (χ4v) is 2.73. The highest BCUT2D eigenvalue weighted by atomic mass is 32.1. The molecule has 1 aromatic carbocycles. The number of rotatable bonds is 4. The number of thiazole rings is 1. The average molecular weight is 262 g/mol. The van der Waals surface area contributed by atoms with E-state index in [0.717, 1.165) is 22.0 Å². The molecule has 18 heavy (non-hydrogen) atoms. The third-order valence-corrected chi connectivity index (χ3v) is 4.02. The van der Waals surface area contributed by atoms with Crippen LogP contribution in [0.4, 0.5) is 0 Å². The van der Waals surface area contributed by atoms with E-state index in [1.165, 1.54) is 4.88 Å². The van der Waals surface area contributed by atoms with E-state index in [9.17, 15) is 0 Å². The maximum atomic E-state index is 6.30. The van der Waals surface area contributed by atoms with Gasteiger partial charge in [0, 0.05) is 10.4 Å². The Labute approximate surface area is 112 Å². The molecule has 2 aromatic rings. The topological polar surface area (TPSA) is 48.1 Å². The molecule has 0 aliphatic carbocycles. The van der Waals surface area contributed by atoms with Gasteiger partial charge in [0.2, 0.25) is 0 Å². The standard InChI is InChI=1S/C14H18N2OS/c1-4-17-12-8-6-5-7-11(12)13(15)14-16-9(2)10(3)18-14/h5-8,13H,4,15H2,1-3H3. The van der Waals surface area contributed by atoms with Gasteiger partial charge in [0.15, 0.2) is 0 Å². The molecule has 0 spiro atoms. The normalized spacial score (nSPS) is 12.4. The van der Waals surface area contributed by atoms with E-state index in [2.05, 4.69) is 11.9 Å². The first-order valence-electron chi connectivity index (χ1n) is 6.04. The molecular weight excluding hydrogens is 244 g/mol. The van der Waals surface area contributed by atoms with E-state index in [1.807, 2.05) is 38.1 Å². The minimum absolute atomic E-state index is 0.217. The van der Waals surface area contributed by atoms with E-state index < -0.39 is 0 Å². The van der Waals surface area contributed by atoms with Crippen LogP contribution < -0.4 is 10.5 Å². The van der Waals surface area contributed by atoms with Gasteiger partial charge in [-0.05, 0) is 26.8 Å². The lowest BCUT2D eigenvalue weighted by Gasteiger charge is -2.14. The van der Waals surface area contributed by atoms with E-state index in [1.54, 1.807) is 11.3 Å². The van der Waals surface area contributed by atoms with Gasteiger partial charge in [-0.25, -0.2) is 4.98 Å². The molecule has 96 valence electrons. The summed E-state index contributed by atoms with van der Waals surface area (Å²) in [5, 5.41) is 0.942. The van der Waals surface area contributed by atoms with Gasteiger partial charge in [-0.2, -0.15) is 0 Å². The Kier molecular flexibility index (Phi) is 3.99. The minimum atomic E-state index is -0.217. The van der Waals surface area contributed by atoms with Crippen LogP contribution in [0, 0.1) is 13.8 Å². The summed E-state index contributed by atoms with van der Waals surface area (Å²) in [6.45, 7) is 6.69. The molecule has 0 saturated heterocycles. The zero-order valence-electron chi connectivity index (χ0n) is 10.9. The van der Waals surface area contributed by atoms with Gasteiger partial charge < -0.3 is 10.5 Å². The van der Waals surface area contributed by atoms with Gasteiger partial charge in [-0.3, -0.25) is 0 Å². The summed E-state index contributed by atoms with van der Waals surface area (Å²) in [7, 11) is 0. The monoisotopic (exact) mass is 262 g/mol. The predicted octanol–water partition coefficient (Wildman–Crippen LogP) is 3.21. The van der Waals surface area contributed by atoms with Gasteiger partial charge in [-0.15, -0.1) is 11.3 Å². The molecule has 1 heterocycles. The fourth-order valence-electron chi connectivity index (χ4n) is 1.79. The van der Waals surface area contributed by atoms with Crippen molar-refractivity contribution in [2.45, 2.75) is 26.8 Å². The zero-order chi connectivity index (χ0) is 13.1. The Morgan fingerprint density at radius 1 is 1.33 bits per heavy atom. The number of aryl methyl sites for hydroxylation is 2. The van der Waals surface area contributed by atoms with Crippen molar-refractivity contribution in [3.63, 3.8) is 0 Å². The van der Waals surface area contributed by atoms with Crippen LogP contribution in [0.15, 0.2) is 24.3 Å². The third kappa shape index (κ3) is 2.54. The average Bonchev–Trinajstić information content (AvgIpc) is 2.70.